The molecule has 2 aliphatic rings. The van der Waals surface area contributed by atoms with Gasteiger partial charge >= 0.3 is 0 Å². The van der Waals surface area contributed by atoms with Gasteiger partial charge in [0.25, 0.3) is 0 Å². The molecule has 3 heterocycles. The smallest absolute Gasteiger partial charge is 0.143 e. The first-order chi connectivity index (χ1) is 14.1. The lowest BCUT2D eigenvalue weighted by Gasteiger charge is -2.23. The number of benzene rings is 1. The Kier molecular flexibility index (Phi) is 4.55. The molecular formula is C22H27N5OS. The summed E-state index contributed by atoms with van der Waals surface area (Å²) >= 11 is 1.84. The van der Waals surface area contributed by atoms with E-state index < -0.39 is 0 Å². The number of aromatic nitrogens is 5. The van der Waals surface area contributed by atoms with Gasteiger partial charge in [0, 0.05) is 41.8 Å². The van der Waals surface area contributed by atoms with E-state index in [0.717, 1.165) is 55.3 Å². The fourth-order valence-electron chi connectivity index (χ4n) is 4.36. The third kappa shape index (κ3) is 3.20. The number of aryl methyl sites for hydroxylation is 1. The van der Waals surface area contributed by atoms with Crippen molar-refractivity contribution in [1.82, 2.24) is 24.5 Å². The molecule has 0 unspecified atom stereocenters. The lowest BCUT2D eigenvalue weighted by molar-refractivity contribution is 0.254. The summed E-state index contributed by atoms with van der Waals surface area (Å²) < 4.78 is 4.11. The number of hydrogen-bond acceptors (Lipinski definition) is 5. The van der Waals surface area contributed by atoms with Gasteiger partial charge in [0.2, 0.25) is 0 Å². The van der Waals surface area contributed by atoms with E-state index in [1.165, 1.54) is 11.1 Å². The van der Waals surface area contributed by atoms with Crippen LogP contribution in [-0.2, 0) is 24.9 Å². The summed E-state index contributed by atoms with van der Waals surface area (Å²) in [6.45, 7) is 6.18. The average molecular weight is 410 g/mol. The molecule has 3 aromatic rings. The van der Waals surface area contributed by atoms with Gasteiger partial charge in [-0.2, -0.15) is 16.9 Å². The monoisotopic (exact) mass is 409 g/mol. The van der Waals surface area contributed by atoms with Crippen LogP contribution >= 0.6 is 11.8 Å². The van der Waals surface area contributed by atoms with Crippen LogP contribution in [0, 0.1) is 0 Å². The molecule has 1 aliphatic carbocycles. The van der Waals surface area contributed by atoms with Gasteiger partial charge in [0.05, 0.1) is 18.2 Å². The van der Waals surface area contributed by atoms with Crippen LogP contribution in [0.4, 0.5) is 0 Å². The summed E-state index contributed by atoms with van der Waals surface area (Å²) in [6.07, 6.45) is 7.01. The second kappa shape index (κ2) is 6.99. The zero-order chi connectivity index (χ0) is 20.1. The molecule has 29 heavy (non-hydrogen) atoms. The number of fused-ring (bicyclic) bond motifs is 1. The van der Waals surface area contributed by atoms with E-state index >= 15 is 0 Å². The van der Waals surface area contributed by atoms with E-state index in [4.69, 9.17) is 0 Å². The van der Waals surface area contributed by atoms with Crippen molar-refractivity contribution in [2.24, 2.45) is 0 Å². The normalized spacial score (nSPS) is 22.9. The molecule has 2 aromatic heterocycles. The maximum Gasteiger partial charge on any atom is 0.143 e. The average Bonchev–Trinajstić information content (AvgIpc) is 3.30. The molecule has 7 heteroatoms. The van der Waals surface area contributed by atoms with Gasteiger partial charge in [-0.15, -0.1) is 10.2 Å². The Morgan fingerprint density at radius 3 is 2.59 bits per heavy atom. The van der Waals surface area contributed by atoms with Crippen molar-refractivity contribution >= 4 is 11.8 Å². The molecule has 6 nitrogen and oxygen atoms in total. The lowest BCUT2D eigenvalue weighted by Crippen LogP contribution is -2.28. The molecule has 0 amide bonds. The summed E-state index contributed by atoms with van der Waals surface area (Å²) in [5, 5.41) is 23.4. The molecule has 0 saturated heterocycles. The molecule has 1 N–H and O–H groups in total. The molecule has 0 bridgehead atoms. The van der Waals surface area contributed by atoms with Crippen molar-refractivity contribution in [1.29, 1.82) is 0 Å². The standard InChI is InChI=1S/C22H27N5OS/c1-3-26-14-17(13-23-26)16-4-6-18(7-5-16)22(8-9-22)20-25-24-19-12-21(2,15-28)29-11-10-27(19)20/h4-7,13-14,28H,3,8-12,15H2,1-2H3/t21-/m0/s1. The zero-order valence-corrected chi connectivity index (χ0v) is 17.8. The minimum atomic E-state index is -0.167. The van der Waals surface area contributed by atoms with Crippen LogP contribution in [0.1, 0.15) is 43.9 Å². The molecule has 0 radical (unpaired) electrons. The molecule has 152 valence electrons. The number of thioether (sulfide) groups is 1. The van der Waals surface area contributed by atoms with Crippen molar-refractivity contribution in [2.45, 2.75) is 56.4 Å². The highest BCUT2D eigenvalue weighted by molar-refractivity contribution is 8.00. The fraction of sp³-hybridized carbons (Fsp3) is 0.500. The van der Waals surface area contributed by atoms with Crippen LogP contribution in [0.2, 0.25) is 0 Å². The van der Waals surface area contributed by atoms with E-state index in [0.29, 0.717) is 0 Å². The molecule has 1 saturated carbocycles. The molecule has 1 aliphatic heterocycles. The van der Waals surface area contributed by atoms with Crippen molar-refractivity contribution in [3.63, 3.8) is 0 Å². The number of nitrogens with zero attached hydrogens (tertiary/aromatic N) is 5. The maximum atomic E-state index is 9.81. The fourth-order valence-corrected chi connectivity index (χ4v) is 5.45. The Bertz CT molecular complexity index is 1020. The van der Waals surface area contributed by atoms with E-state index in [-0.39, 0.29) is 16.8 Å². The van der Waals surface area contributed by atoms with E-state index in [1.54, 1.807) is 0 Å². The van der Waals surface area contributed by atoms with Gasteiger partial charge in [-0.3, -0.25) is 4.68 Å². The van der Waals surface area contributed by atoms with Crippen LogP contribution in [-0.4, -0.2) is 46.8 Å². The third-order valence-electron chi connectivity index (χ3n) is 6.37. The predicted molar refractivity (Wildman–Crippen MR) is 115 cm³/mol. The second-order valence-electron chi connectivity index (χ2n) is 8.47. The molecule has 5 rings (SSSR count). The van der Waals surface area contributed by atoms with E-state index in [9.17, 15) is 5.11 Å². The Morgan fingerprint density at radius 1 is 1.14 bits per heavy atom. The number of aliphatic hydroxyl groups is 1. The van der Waals surface area contributed by atoms with Crippen LogP contribution in [0.25, 0.3) is 11.1 Å². The highest BCUT2D eigenvalue weighted by Crippen LogP contribution is 2.53. The SMILES string of the molecule is CCn1cc(-c2ccc(C3(c4nnc5n4CCS[C@](C)(CO)C5)CC3)cc2)cn1. The Hall–Kier alpha value is -2.12. The molecule has 1 atom stereocenters. The number of rotatable bonds is 5. The Balaban J connectivity index is 1.45. The van der Waals surface area contributed by atoms with Gasteiger partial charge in [-0.1, -0.05) is 24.3 Å². The molecular weight excluding hydrogens is 382 g/mol. The van der Waals surface area contributed by atoms with E-state index in [2.05, 4.69) is 64.2 Å². The van der Waals surface area contributed by atoms with Crippen LogP contribution < -0.4 is 0 Å². The summed E-state index contributed by atoms with van der Waals surface area (Å²) in [6, 6.07) is 8.89. The molecule has 1 aromatic carbocycles. The summed E-state index contributed by atoms with van der Waals surface area (Å²) in [5.41, 5.74) is 3.66. The van der Waals surface area contributed by atoms with Gasteiger partial charge in [0.15, 0.2) is 0 Å². The Morgan fingerprint density at radius 2 is 1.93 bits per heavy atom. The maximum absolute atomic E-state index is 9.81. The zero-order valence-electron chi connectivity index (χ0n) is 17.0. The lowest BCUT2D eigenvalue weighted by atomic mass is 9.93. The third-order valence-corrected chi connectivity index (χ3v) is 7.72. The van der Waals surface area contributed by atoms with E-state index in [1.807, 2.05) is 22.6 Å². The second-order valence-corrected chi connectivity index (χ2v) is 10.2. The Labute approximate surface area is 175 Å². The summed E-state index contributed by atoms with van der Waals surface area (Å²) in [5.74, 6) is 3.09. The van der Waals surface area contributed by atoms with Crippen molar-refractivity contribution in [3.8, 4) is 11.1 Å². The number of aliphatic hydroxyl groups excluding tert-OH is 1. The van der Waals surface area contributed by atoms with Crippen molar-refractivity contribution in [3.05, 3.63) is 53.9 Å². The highest BCUT2D eigenvalue weighted by atomic mass is 32.2. The minimum Gasteiger partial charge on any atom is -0.395 e. The predicted octanol–water partition coefficient (Wildman–Crippen LogP) is 3.28. The van der Waals surface area contributed by atoms with Gasteiger partial charge in [-0.25, -0.2) is 0 Å². The van der Waals surface area contributed by atoms with Crippen molar-refractivity contribution in [2.75, 3.05) is 12.4 Å². The number of hydrogen-bond donors (Lipinski definition) is 1. The first-order valence-corrected chi connectivity index (χ1v) is 11.4. The van der Waals surface area contributed by atoms with Gasteiger partial charge in [-0.05, 0) is 37.8 Å². The quantitative estimate of drug-likeness (QED) is 0.700. The molecule has 0 spiro atoms. The molecule has 1 fully saturated rings. The summed E-state index contributed by atoms with van der Waals surface area (Å²) in [7, 11) is 0. The van der Waals surface area contributed by atoms with Gasteiger partial charge < -0.3 is 9.67 Å². The van der Waals surface area contributed by atoms with Crippen LogP contribution in [0.15, 0.2) is 36.7 Å². The first kappa shape index (κ1) is 18.9. The van der Waals surface area contributed by atoms with Crippen molar-refractivity contribution < 1.29 is 5.11 Å². The van der Waals surface area contributed by atoms with Crippen LogP contribution in [0.5, 0.6) is 0 Å². The minimum absolute atomic E-state index is 0.0119. The van der Waals surface area contributed by atoms with Gasteiger partial charge in [0.1, 0.15) is 11.6 Å². The highest BCUT2D eigenvalue weighted by Gasteiger charge is 2.50. The first-order valence-electron chi connectivity index (χ1n) is 10.4. The summed E-state index contributed by atoms with van der Waals surface area (Å²) in [4.78, 5) is 0. The largest absolute Gasteiger partial charge is 0.395 e. The van der Waals surface area contributed by atoms with Crippen LogP contribution in [0.3, 0.4) is 0 Å². The topological polar surface area (TPSA) is 68.8 Å².